The summed E-state index contributed by atoms with van der Waals surface area (Å²) >= 11 is 0. The number of ether oxygens (including phenoxy) is 4. The fourth-order valence-electron chi connectivity index (χ4n) is 11.0. The fraction of sp³-hybridized carbons (Fsp3) is 0.315. The zero-order valence-corrected chi connectivity index (χ0v) is 36.5. The van der Waals surface area contributed by atoms with Gasteiger partial charge in [0.25, 0.3) is 0 Å². The summed E-state index contributed by atoms with van der Waals surface area (Å²) in [4.78, 5) is 51.2. The number of hydrogen-bond donors (Lipinski definition) is 2. The van der Waals surface area contributed by atoms with Gasteiger partial charge in [-0.2, -0.15) is 0 Å². The Morgan fingerprint density at radius 2 is 1.55 bits per heavy atom. The SMILES string of the molecule is COc1cc2c(cc1OC)CN(C(=O)[C@H]1[C@@H]3C(=O)O[C@@H](c4ccccc4)[C@@H](c4ccccc4)N3[C@@H](c3cccc(OCCO)c3)[C@]13C(=O)Nc1ccc(C#CC4=CCCCC4)cc13)CC2. The van der Waals surface area contributed by atoms with Crippen LogP contribution in [0.5, 0.6) is 17.2 Å². The maximum atomic E-state index is 16.2. The van der Waals surface area contributed by atoms with E-state index in [2.05, 4.69) is 28.1 Å². The molecule has 4 aliphatic heterocycles. The van der Waals surface area contributed by atoms with Gasteiger partial charge in [-0.05, 0) is 114 Å². The van der Waals surface area contributed by atoms with Crippen molar-refractivity contribution in [1.82, 2.24) is 9.80 Å². The number of aliphatic hydroxyl groups is 1. The van der Waals surface area contributed by atoms with Crippen LogP contribution in [0, 0.1) is 17.8 Å². The van der Waals surface area contributed by atoms with Gasteiger partial charge in [-0.15, -0.1) is 0 Å². The molecule has 5 aliphatic rings. The first-order valence-corrected chi connectivity index (χ1v) is 22.4. The number of rotatable bonds is 9. The molecule has 330 valence electrons. The second-order valence-electron chi connectivity index (χ2n) is 17.3. The number of carbonyl (C=O) groups is 3. The Hall–Kier alpha value is -6.87. The van der Waals surface area contributed by atoms with Crippen LogP contribution in [0.15, 0.2) is 127 Å². The minimum Gasteiger partial charge on any atom is -0.493 e. The van der Waals surface area contributed by atoms with Gasteiger partial charge in [0.15, 0.2) is 11.5 Å². The van der Waals surface area contributed by atoms with Crippen molar-refractivity contribution in [3.05, 3.63) is 166 Å². The number of cyclic esters (lactones) is 1. The minimum atomic E-state index is -1.69. The lowest BCUT2D eigenvalue weighted by Crippen LogP contribution is -2.56. The zero-order chi connectivity index (χ0) is 44.7. The summed E-state index contributed by atoms with van der Waals surface area (Å²) in [5.41, 5.74) is 5.44. The average molecular weight is 870 g/mol. The third-order valence-corrected chi connectivity index (χ3v) is 13.8. The van der Waals surface area contributed by atoms with Gasteiger partial charge in [0, 0.05) is 24.3 Å². The largest absolute Gasteiger partial charge is 0.493 e. The molecular weight excluding hydrogens is 819 g/mol. The Labute approximate surface area is 379 Å². The van der Waals surface area contributed by atoms with Crippen LogP contribution >= 0.6 is 0 Å². The number of nitrogens with one attached hydrogen (secondary N) is 1. The van der Waals surface area contributed by atoms with E-state index in [-0.39, 0.29) is 25.7 Å². The molecular formula is C54H51N3O8. The van der Waals surface area contributed by atoms with Crippen LogP contribution in [0.4, 0.5) is 5.69 Å². The standard InChI is InChI=1S/C54H51N3O8/c1-62-44-31-38-25-26-56(33-40(38)32-45(44)63-2)51(59)46-48-52(60)65-49(37-17-10-5-11-18-37)47(36-15-8-4-9-16-36)57(48)50(39-19-12-20-41(30-39)64-28-27-58)54(46)42-29-35(23-24-43(42)55-53(54)61)22-21-34-13-6-3-7-14-34/h4-5,8-13,15-20,23-24,29-32,46-50,58H,3,6-7,14,25-28,33H2,1-2H3,(H,55,61)/t46-,47-,48-,49+,50+,54-/m1/s1. The average Bonchev–Trinajstić information content (AvgIpc) is 3.83. The smallest absolute Gasteiger partial charge is 0.324 e. The number of carbonyl (C=O) groups excluding carboxylic acids is 3. The zero-order valence-electron chi connectivity index (χ0n) is 36.5. The number of aliphatic hydroxyl groups excluding tert-OH is 1. The summed E-state index contributed by atoms with van der Waals surface area (Å²) in [6, 6.07) is 33.7. The Kier molecular flexibility index (Phi) is 11.4. The van der Waals surface area contributed by atoms with Gasteiger partial charge in [-0.25, -0.2) is 0 Å². The molecule has 65 heavy (non-hydrogen) atoms. The number of fused-ring (bicyclic) bond motifs is 4. The number of esters is 1. The third kappa shape index (κ3) is 7.31. The molecule has 4 heterocycles. The number of anilines is 1. The van der Waals surface area contributed by atoms with E-state index in [9.17, 15) is 5.11 Å². The molecule has 5 aromatic rings. The summed E-state index contributed by atoms with van der Waals surface area (Å²) in [6.45, 7) is 0.421. The number of benzene rings is 5. The second-order valence-corrected chi connectivity index (χ2v) is 17.3. The third-order valence-electron chi connectivity index (χ3n) is 13.8. The predicted octanol–water partition coefficient (Wildman–Crippen LogP) is 7.78. The molecule has 0 aromatic heterocycles. The van der Waals surface area contributed by atoms with E-state index >= 15 is 14.4 Å². The molecule has 0 radical (unpaired) electrons. The topological polar surface area (TPSA) is 127 Å². The predicted molar refractivity (Wildman–Crippen MR) is 244 cm³/mol. The number of methoxy groups -OCH3 is 2. The Bertz CT molecular complexity index is 2740. The van der Waals surface area contributed by atoms with Gasteiger partial charge in [-0.3, -0.25) is 19.3 Å². The van der Waals surface area contributed by atoms with Crippen LogP contribution in [0.25, 0.3) is 0 Å². The highest BCUT2D eigenvalue weighted by molar-refractivity contribution is 6.12. The van der Waals surface area contributed by atoms with Crippen molar-refractivity contribution < 1.29 is 38.4 Å². The highest BCUT2D eigenvalue weighted by atomic mass is 16.6. The van der Waals surface area contributed by atoms with Crippen LogP contribution in [0.1, 0.15) is 82.8 Å². The molecule has 11 nitrogen and oxygen atoms in total. The first-order valence-electron chi connectivity index (χ1n) is 22.4. The van der Waals surface area contributed by atoms with Crippen molar-refractivity contribution in [3.63, 3.8) is 0 Å². The molecule has 0 bridgehead atoms. The maximum absolute atomic E-state index is 16.2. The summed E-state index contributed by atoms with van der Waals surface area (Å²) in [5, 5.41) is 13.0. The number of morpholine rings is 1. The molecule has 2 saturated heterocycles. The molecule has 2 N–H and O–H groups in total. The summed E-state index contributed by atoms with van der Waals surface area (Å²) in [5.74, 6) is 5.83. The van der Waals surface area contributed by atoms with Crippen molar-refractivity contribution in [2.75, 3.05) is 39.3 Å². The van der Waals surface area contributed by atoms with Crippen molar-refractivity contribution in [3.8, 4) is 29.1 Å². The molecule has 0 saturated carbocycles. The van der Waals surface area contributed by atoms with E-state index in [1.165, 1.54) is 0 Å². The lowest BCUT2D eigenvalue weighted by atomic mass is 9.64. The van der Waals surface area contributed by atoms with E-state index in [4.69, 9.17) is 18.9 Å². The van der Waals surface area contributed by atoms with Gasteiger partial charge in [0.05, 0.1) is 38.8 Å². The first kappa shape index (κ1) is 42.1. The molecule has 2 fully saturated rings. The fourth-order valence-corrected chi connectivity index (χ4v) is 11.0. The minimum absolute atomic E-state index is 0.0522. The quantitative estimate of drug-likeness (QED) is 0.113. The lowest BCUT2D eigenvalue weighted by Gasteiger charge is -2.46. The molecule has 6 atom stereocenters. The van der Waals surface area contributed by atoms with Crippen LogP contribution < -0.4 is 19.5 Å². The van der Waals surface area contributed by atoms with Crippen molar-refractivity contribution in [1.29, 1.82) is 0 Å². The van der Waals surface area contributed by atoms with E-state index in [1.807, 2.05) is 109 Å². The number of allylic oxidation sites excluding steroid dienone is 2. The van der Waals surface area contributed by atoms with Crippen LogP contribution in [-0.2, 0) is 37.5 Å². The summed E-state index contributed by atoms with van der Waals surface area (Å²) in [6.07, 6.45) is 6.04. The first-order chi connectivity index (χ1) is 31.8. The van der Waals surface area contributed by atoms with Crippen molar-refractivity contribution in [2.45, 2.75) is 68.3 Å². The van der Waals surface area contributed by atoms with Crippen LogP contribution in [0.2, 0.25) is 0 Å². The highest BCUT2D eigenvalue weighted by Gasteiger charge is 2.74. The molecule has 2 amide bonds. The van der Waals surface area contributed by atoms with Crippen molar-refractivity contribution in [2.24, 2.45) is 5.92 Å². The normalized spacial score (nSPS) is 24.4. The van der Waals surface area contributed by atoms with Gasteiger partial charge in [-0.1, -0.05) is 90.7 Å². The monoisotopic (exact) mass is 869 g/mol. The van der Waals surface area contributed by atoms with Gasteiger partial charge in [0.2, 0.25) is 11.8 Å². The molecule has 10 rings (SSSR count). The Morgan fingerprint density at radius 1 is 0.815 bits per heavy atom. The molecule has 5 aromatic carbocycles. The van der Waals surface area contributed by atoms with Gasteiger partial charge in [0.1, 0.15) is 29.9 Å². The number of nitrogens with zero attached hydrogens (tertiary/aromatic N) is 2. The van der Waals surface area contributed by atoms with E-state index in [0.29, 0.717) is 52.6 Å². The summed E-state index contributed by atoms with van der Waals surface area (Å²) < 4.78 is 24.0. The molecule has 0 unspecified atom stereocenters. The second kappa shape index (κ2) is 17.6. The van der Waals surface area contributed by atoms with Gasteiger partial charge >= 0.3 is 5.97 Å². The van der Waals surface area contributed by atoms with Crippen LogP contribution in [0.3, 0.4) is 0 Å². The highest BCUT2D eigenvalue weighted by Crippen LogP contribution is 2.65. The molecule has 1 spiro atoms. The summed E-state index contributed by atoms with van der Waals surface area (Å²) in [7, 11) is 3.18. The van der Waals surface area contributed by atoms with Gasteiger partial charge < -0.3 is 34.3 Å². The Morgan fingerprint density at radius 3 is 2.28 bits per heavy atom. The van der Waals surface area contributed by atoms with Crippen molar-refractivity contribution >= 4 is 23.5 Å². The molecule has 11 heteroatoms. The number of hydrogen-bond acceptors (Lipinski definition) is 9. The van der Waals surface area contributed by atoms with E-state index in [0.717, 1.165) is 53.5 Å². The van der Waals surface area contributed by atoms with E-state index in [1.54, 1.807) is 25.2 Å². The molecule has 1 aliphatic carbocycles. The lowest BCUT2D eigenvalue weighted by molar-refractivity contribution is -0.179. The van der Waals surface area contributed by atoms with E-state index < -0.39 is 47.4 Å². The van der Waals surface area contributed by atoms with Crippen LogP contribution in [-0.4, -0.2) is 72.7 Å². The Balaban J connectivity index is 1.22. The number of amides is 2. The maximum Gasteiger partial charge on any atom is 0.324 e.